The highest BCUT2D eigenvalue weighted by atomic mass is 16.4. The number of benzene rings is 1. The van der Waals surface area contributed by atoms with Crippen LogP contribution in [0.2, 0.25) is 0 Å². The summed E-state index contributed by atoms with van der Waals surface area (Å²) < 4.78 is 0. The van der Waals surface area contributed by atoms with Gasteiger partial charge in [-0.15, -0.1) is 0 Å². The Bertz CT molecular complexity index is 336. The van der Waals surface area contributed by atoms with Gasteiger partial charge in [0.2, 0.25) is 0 Å². The fourth-order valence-electron chi connectivity index (χ4n) is 1.68. The molecule has 0 spiro atoms. The minimum Gasteiger partial charge on any atom is -0.481 e. The van der Waals surface area contributed by atoms with Crippen LogP contribution in [-0.4, -0.2) is 17.6 Å². The molecule has 1 unspecified atom stereocenters. The molecule has 0 amide bonds. The highest BCUT2D eigenvalue weighted by molar-refractivity contribution is 5.76. The van der Waals surface area contributed by atoms with Gasteiger partial charge in [0.1, 0.15) is 0 Å². The van der Waals surface area contributed by atoms with Gasteiger partial charge in [-0.2, -0.15) is 0 Å². The van der Waals surface area contributed by atoms with E-state index in [4.69, 9.17) is 10.8 Å². The van der Waals surface area contributed by atoms with E-state index in [9.17, 15) is 4.79 Å². The molecule has 0 aromatic heterocycles. The van der Waals surface area contributed by atoms with E-state index in [0.29, 0.717) is 13.0 Å². The van der Waals surface area contributed by atoms with Gasteiger partial charge < -0.3 is 10.8 Å². The Kier molecular flexibility index (Phi) is 4.31. The maximum absolute atomic E-state index is 11.0. The molecule has 0 saturated carbocycles. The average molecular weight is 207 g/mol. The van der Waals surface area contributed by atoms with E-state index < -0.39 is 11.9 Å². The molecule has 1 rings (SSSR count). The smallest absolute Gasteiger partial charge is 0.310 e. The molecule has 0 aliphatic carbocycles. The number of aliphatic carboxylic acids is 1. The normalized spacial score (nSPS) is 12.4. The van der Waals surface area contributed by atoms with Crippen molar-refractivity contribution >= 4 is 5.97 Å². The van der Waals surface area contributed by atoms with Crippen molar-refractivity contribution in [2.24, 2.45) is 5.73 Å². The number of carbonyl (C=O) groups is 1. The van der Waals surface area contributed by atoms with Crippen molar-refractivity contribution in [3.05, 3.63) is 35.4 Å². The SMILES string of the molecule is CCC(C(=O)O)c1cccc(CCN)c1. The highest BCUT2D eigenvalue weighted by Crippen LogP contribution is 2.20. The summed E-state index contributed by atoms with van der Waals surface area (Å²) in [6, 6.07) is 7.67. The number of rotatable bonds is 5. The number of hydrogen-bond acceptors (Lipinski definition) is 2. The zero-order chi connectivity index (χ0) is 11.3. The summed E-state index contributed by atoms with van der Waals surface area (Å²) >= 11 is 0. The van der Waals surface area contributed by atoms with Crippen molar-refractivity contribution in [1.82, 2.24) is 0 Å². The molecule has 15 heavy (non-hydrogen) atoms. The van der Waals surface area contributed by atoms with E-state index in [1.54, 1.807) is 0 Å². The summed E-state index contributed by atoms with van der Waals surface area (Å²) in [6.07, 6.45) is 1.41. The molecule has 3 nitrogen and oxygen atoms in total. The molecular weight excluding hydrogens is 190 g/mol. The first-order valence-electron chi connectivity index (χ1n) is 5.20. The average Bonchev–Trinajstić information content (AvgIpc) is 2.19. The van der Waals surface area contributed by atoms with Gasteiger partial charge in [0, 0.05) is 0 Å². The lowest BCUT2D eigenvalue weighted by Crippen LogP contribution is -2.11. The number of hydrogen-bond donors (Lipinski definition) is 2. The van der Waals surface area contributed by atoms with Gasteiger partial charge in [-0.3, -0.25) is 4.79 Å². The topological polar surface area (TPSA) is 63.3 Å². The first-order chi connectivity index (χ1) is 7.19. The monoisotopic (exact) mass is 207 g/mol. The van der Waals surface area contributed by atoms with Crippen LogP contribution in [0.1, 0.15) is 30.4 Å². The Morgan fingerprint density at radius 2 is 2.27 bits per heavy atom. The molecule has 82 valence electrons. The van der Waals surface area contributed by atoms with Crippen LogP contribution >= 0.6 is 0 Å². The van der Waals surface area contributed by atoms with Crippen LogP contribution in [0, 0.1) is 0 Å². The lowest BCUT2D eigenvalue weighted by atomic mass is 9.94. The zero-order valence-electron chi connectivity index (χ0n) is 8.94. The summed E-state index contributed by atoms with van der Waals surface area (Å²) in [7, 11) is 0. The predicted octanol–water partition coefficient (Wildman–Crippen LogP) is 1.77. The quantitative estimate of drug-likeness (QED) is 0.773. The van der Waals surface area contributed by atoms with Gasteiger partial charge in [0.15, 0.2) is 0 Å². The van der Waals surface area contributed by atoms with Crippen molar-refractivity contribution < 1.29 is 9.90 Å². The molecule has 0 aliphatic rings. The largest absolute Gasteiger partial charge is 0.481 e. The minimum absolute atomic E-state index is 0.400. The molecule has 3 heteroatoms. The highest BCUT2D eigenvalue weighted by Gasteiger charge is 2.17. The van der Waals surface area contributed by atoms with Crippen molar-refractivity contribution in [3.8, 4) is 0 Å². The molecule has 0 saturated heterocycles. The molecule has 1 atom stereocenters. The molecule has 0 bridgehead atoms. The van der Waals surface area contributed by atoms with Crippen LogP contribution in [0.3, 0.4) is 0 Å². The molecular formula is C12H17NO2. The van der Waals surface area contributed by atoms with Crippen LogP contribution in [0.15, 0.2) is 24.3 Å². The summed E-state index contributed by atoms with van der Waals surface area (Å²) in [5.74, 6) is -1.16. The second-order valence-corrected chi connectivity index (χ2v) is 3.58. The first-order valence-corrected chi connectivity index (χ1v) is 5.20. The maximum Gasteiger partial charge on any atom is 0.310 e. The second-order valence-electron chi connectivity index (χ2n) is 3.58. The Morgan fingerprint density at radius 1 is 1.53 bits per heavy atom. The lowest BCUT2D eigenvalue weighted by Gasteiger charge is -2.11. The first kappa shape index (κ1) is 11.7. The van der Waals surface area contributed by atoms with Crippen LogP contribution in [0.4, 0.5) is 0 Å². The molecule has 0 fully saturated rings. The van der Waals surface area contributed by atoms with E-state index in [0.717, 1.165) is 17.5 Å². The minimum atomic E-state index is -0.762. The molecule has 0 heterocycles. The van der Waals surface area contributed by atoms with Gasteiger partial charge in [0.25, 0.3) is 0 Å². The second kappa shape index (κ2) is 5.51. The summed E-state index contributed by atoms with van der Waals surface area (Å²) in [6.45, 7) is 2.47. The van der Waals surface area contributed by atoms with Crippen molar-refractivity contribution in [2.45, 2.75) is 25.7 Å². The summed E-state index contributed by atoms with van der Waals surface area (Å²) in [5.41, 5.74) is 7.44. The zero-order valence-corrected chi connectivity index (χ0v) is 8.94. The van der Waals surface area contributed by atoms with Crippen molar-refractivity contribution in [3.63, 3.8) is 0 Å². The Labute approximate surface area is 89.9 Å². The summed E-state index contributed by atoms with van der Waals surface area (Å²) in [5, 5.41) is 9.02. The van der Waals surface area contributed by atoms with Gasteiger partial charge in [-0.1, -0.05) is 31.2 Å². The van der Waals surface area contributed by atoms with Crippen molar-refractivity contribution in [1.29, 1.82) is 0 Å². The molecule has 3 N–H and O–H groups in total. The number of carboxylic acid groups (broad SMARTS) is 1. The van der Waals surface area contributed by atoms with Crippen LogP contribution in [-0.2, 0) is 11.2 Å². The Balaban J connectivity index is 2.92. The number of carboxylic acids is 1. The third kappa shape index (κ3) is 3.06. The van der Waals surface area contributed by atoms with E-state index in [2.05, 4.69) is 0 Å². The van der Waals surface area contributed by atoms with E-state index in [-0.39, 0.29) is 0 Å². The van der Waals surface area contributed by atoms with Crippen molar-refractivity contribution in [2.75, 3.05) is 6.54 Å². The van der Waals surface area contributed by atoms with Gasteiger partial charge in [0.05, 0.1) is 5.92 Å². The molecule has 1 aromatic carbocycles. The number of nitrogens with two attached hydrogens (primary N) is 1. The van der Waals surface area contributed by atoms with E-state index in [1.165, 1.54) is 0 Å². The van der Waals surface area contributed by atoms with Crippen LogP contribution in [0.5, 0.6) is 0 Å². The summed E-state index contributed by atoms with van der Waals surface area (Å²) in [4.78, 5) is 11.0. The van der Waals surface area contributed by atoms with Gasteiger partial charge in [-0.25, -0.2) is 0 Å². The van der Waals surface area contributed by atoms with Gasteiger partial charge in [-0.05, 0) is 30.5 Å². The van der Waals surface area contributed by atoms with Crippen LogP contribution < -0.4 is 5.73 Å². The standard InChI is InChI=1S/C12H17NO2/c1-2-11(12(14)15)10-5-3-4-9(8-10)6-7-13/h3-5,8,11H,2,6-7,13H2,1H3,(H,14,15). The third-order valence-corrected chi connectivity index (χ3v) is 2.49. The lowest BCUT2D eigenvalue weighted by molar-refractivity contribution is -0.138. The van der Waals surface area contributed by atoms with E-state index in [1.807, 2.05) is 31.2 Å². The van der Waals surface area contributed by atoms with E-state index >= 15 is 0 Å². The fourth-order valence-corrected chi connectivity index (χ4v) is 1.68. The third-order valence-electron chi connectivity index (χ3n) is 2.49. The molecule has 1 aromatic rings. The Morgan fingerprint density at radius 3 is 2.80 bits per heavy atom. The predicted molar refractivity (Wildman–Crippen MR) is 59.9 cm³/mol. The molecule has 0 aliphatic heterocycles. The Hall–Kier alpha value is -1.35. The fraction of sp³-hybridized carbons (Fsp3) is 0.417. The maximum atomic E-state index is 11.0. The molecule has 0 radical (unpaired) electrons. The van der Waals surface area contributed by atoms with Gasteiger partial charge >= 0.3 is 5.97 Å². The van der Waals surface area contributed by atoms with Crippen LogP contribution in [0.25, 0.3) is 0 Å².